The lowest BCUT2D eigenvalue weighted by Gasteiger charge is -2.08. The fourth-order valence-corrected chi connectivity index (χ4v) is 0.748. The van der Waals surface area contributed by atoms with Crippen molar-refractivity contribution in [2.45, 2.75) is 20.0 Å². The van der Waals surface area contributed by atoms with Gasteiger partial charge in [-0.3, -0.25) is 0 Å². The molecule has 80 valence electrons. The minimum atomic E-state index is 0.275. The highest BCUT2D eigenvalue weighted by Gasteiger charge is 1.92. The van der Waals surface area contributed by atoms with Crippen LogP contribution in [-0.4, -0.2) is 45.7 Å². The first-order valence-corrected chi connectivity index (χ1v) is 4.74. The van der Waals surface area contributed by atoms with Crippen LogP contribution in [-0.2, 0) is 14.2 Å². The molecule has 0 aliphatic rings. The predicted molar refractivity (Wildman–Crippen MR) is 51.8 cm³/mol. The lowest BCUT2D eigenvalue weighted by molar-refractivity contribution is -0.000502. The highest BCUT2D eigenvalue weighted by molar-refractivity contribution is 4.37. The summed E-state index contributed by atoms with van der Waals surface area (Å²) in [5, 5.41) is 0. The summed E-state index contributed by atoms with van der Waals surface area (Å²) in [6.45, 7) is 7.68. The minimum Gasteiger partial charge on any atom is -0.378 e. The summed E-state index contributed by atoms with van der Waals surface area (Å²) in [4.78, 5) is 0. The van der Waals surface area contributed by atoms with Crippen LogP contribution < -0.4 is 5.73 Å². The molecule has 0 aromatic rings. The van der Waals surface area contributed by atoms with Crippen LogP contribution >= 0.6 is 0 Å². The number of hydrogen-bond acceptors (Lipinski definition) is 4. The average Bonchev–Trinajstić information content (AvgIpc) is 2.09. The van der Waals surface area contributed by atoms with E-state index in [2.05, 4.69) is 0 Å². The molecule has 0 aliphatic heterocycles. The van der Waals surface area contributed by atoms with Gasteiger partial charge in [0.15, 0.2) is 0 Å². The maximum atomic E-state index is 5.28. The molecule has 0 saturated carbocycles. The van der Waals surface area contributed by atoms with Crippen LogP contribution in [0.4, 0.5) is 0 Å². The van der Waals surface area contributed by atoms with Crippen molar-refractivity contribution in [1.29, 1.82) is 0 Å². The van der Waals surface area contributed by atoms with Crippen LogP contribution in [0.1, 0.15) is 13.8 Å². The summed E-state index contributed by atoms with van der Waals surface area (Å²) in [5.74, 6) is 0. The van der Waals surface area contributed by atoms with Crippen molar-refractivity contribution in [3.8, 4) is 0 Å². The van der Waals surface area contributed by atoms with E-state index in [0.717, 1.165) is 0 Å². The zero-order valence-electron chi connectivity index (χ0n) is 8.62. The fourth-order valence-electron chi connectivity index (χ4n) is 0.748. The van der Waals surface area contributed by atoms with Crippen molar-refractivity contribution in [1.82, 2.24) is 0 Å². The second-order valence-electron chi connectivity index (χ2n) is 2.93. The Morgan fingerprint density at radius 2 is 1.46 bits per heavy atom. The van der Waals surface area contributed by atoms with Gasteiger partial charge in [0, 0.05) is 6.54 Å². The van der Waals surface area contributed by atoms with Gasteiger partial charge in [-0.25, -0.2) is 0 Å². The summed E-state index contributed by atoms with van der Waals surface area (Å²) in [5.41, 5.74) is 5.24. The van der Waals surface area contributed by atoms with E-state index in [4.69, 9.17) is 19.9 Å². The number of ether oxygens (including phenoxy) is 3. The molecule has 4 nitrogen and oxygen atoms in total. The van der Waals surface area contributed by atoms with Gasteiger partial charge < -0.3 is 19.9 Å². The van der Waals surface area contributed by atoms with Crippen LogP contribution in [0, 0.1) is 0 Å². The molecule has 0 saturated heterocycles. The van der Waals surface area contributed by atoms with Crippen LogP contribution in [0.25, 0.3) is 0 Å². The van der Waals surface area contributed by atoms with Crippen molar-refractivity contribution in [2.75, 3.05) is 39.6 Å². The molecule has 0 spiro atoms. The van der Waals surface area contributed by atoms with Gasteiger partial charge in [-0.1, -0.05) is 0 Å². The van der Waals surface area contributed by atoms with Crippen LogP contribution in [0.3, 0.4) is 0 Å². The predicted octanol–water partition coefficient (Wildman–Crippen LogP) is 0.403. The molecule has 0 amide bonds. The lowest BCUT2D eigenvalue weighted by atomic mass is 10.5. The highest BCUT2D eigenvalue weighted by atomic mass is 16.5. The summed E-state index contributed by atoms with van der Waals surface area (Å²) >= 11 is 0. The van der Waals surface area contributed by atoms with Gasteiger partial charge in [0.05, 0.1) is 39.1 Å². The summed E-state index contributed by atoms with van der Waals surface area (Å²) < 4.78 is 15.6. The van der Waals surface area contributed by atoms with Gasteiger partial charge in [-0.05, 0) is 13.8 Å². The highest BCUT2D eigenvalue weighted by Crippen LogP contribution is 1.87. The molecule has 0 radical (unpaired) electrons. The standard InChI is InChI=1S/C9H21NO3/c1-9(2)13-8-7-12-6-5-11-4-3-10/h9H,3-8,10H2,1-2H3. The Morgan fingerprint density at radius 1 is 0.923 bits per heavy atom. The maximum absolute atomic E-state index is 5.28. The van der Waals surface area contributed by atoms with E-state index in [1.807, 2.05) is 13.8 Å². The molecular weight excluding hydrogens is 170 g/mol. The third-order valence-electron chi connectivity index (χ3n) is 1.31. The number of hydrogen-bond donors (Lipinski definition) is 1. The van der Waals surface area contributed by atoms with Crippen molar-refractivity contribution in [3.05, 3.63) is 0 Å². The molecule has 0 unspecified atom stereocenters. The summed E-state index contributed by atoms with van der Waals surface area (Å²) in [7, 11) is 0. The Bertz CT molecular complexity index is 98.9. The zero-order valence-corrected chi connectivity index (χ0v) is 8.62. The van der Waals surface area contributed by atoms with Crippen molar-refractivity contribution >= 4 is 0 Å². The number of rotatable bonds is 9. The minimum absolute atomic E-state index is 0.275. The molecule has 0 bridgehead atoms. The van der Waals surface area contributed by atoms with Gasteiger partial charge in [-0.15, -0.1) is 0 Å². The first-order valence-electron chi connectivity index (χ1n) is 4.74. The molecule has 0 fully saturated rings. The molecular formula is C9H21NO3. The molecule has 0 aromatic heterocycles. The Kier molecular flexibility index (Phi) is 9.80. The SMILES string of the molecule is CC(C)OCCOCCOCCN. The average molecular weight is 191 g/mol. The number of nitrogens with two attached hydrogens (primary N) is 1. The van der Waals surface area contributed by atoms with Crippen molar-refractivity contribution in [3.63, 3.8) is 0 Å². The molecule has 2 N–H and O–H groups in total. The second-order valence-corrected chi connectivity index (χ2v) is 2.93. The molecule has 0 rings (SSSR count). The summed E-state index contributed by atoms with van der Waals surface area (Å²) in [6, 6.07) is 0. The Morgan fingerprint density at radius 3 is 2.00 bits per heavy atom. The van der Waals surface area contributed by atoms with Crippen molar-refractivity contribution in [2.24, 2.45) is 5.73 Å². The first-order chi connectivity index (χ1) is 6.27. The van der Waals surface area contributed by atoms with Gasteiger partial charge in [-0.2, -0.15) is 0 Å². The largest absolute Gasteiger partial charge is 0.378 e. The smallest absolute Gasteiger partial charge is 0.0703 e. The van der Waals surface area contributed by atoms with Crippen LogP contribution in [0.2, 0.25) is 0 Å². The Balaban J connectivity index is 2.84. The van der Waals surface area contributed by atoms with E-state index < -0.39 is 0 Å². The van der Waals surface area contributed by atoms with Gasteiger partial charge >= 0.3 is 0 Å². The summed E-state index contributed by atoms with van der Waals surface area (Å²) in [6.07, 6.45) is 0.275. The van der Waals surface area contributed by atoms with E-state index in [0.29, 0.717) is 39.6 Å². The normalized spacial score (nSPS) is 11.1. The van der Waals surface area contributed by atoms with Gasteiger partial charge in [0.25, 0.3) is 0 Å². The first kappa shape index (κ1) is 12.8. The quantitative estimate of drug-likeness (QED) is 0.536. The molecule has 0 aromatic carbocycles. The van der Waals surface area contributed by atoms with Crippen LogP contribution in [0.5, 0.6) is 0 Å². The second kappa shape index (κ2) is 9.92. The zero-order chi connectivity index (χ0) is 9.94. The lowest BCUT2D eigenvalue weighted by Crippen LogP contribution is -2.14. The Hall–Kier alpha value is -0.160. The van der Waals surface area contributed by atoms with Crippen molar-refractivity contribution < 1.29 is 14.2 Å². The topological polar surface area (TPSA) is 53.7 Å². The van der Waals surface area contributed by atoms with Crippen LogP contribution in [0.15, 0.2) is 0 Å². The fraction of sp³-hybridized carbons (Fsp3) is 1.00. The monoisotopic (exact) mass is 191 g/mol. The maximum Gasteiger partial charge on any atom is 0.0703 e. The molecule has 4 heteroatoms. The molecule has 0 atom stereocenters. The third kappa shape index (κ3) is 11.8. The molecule has 0 heterocycles. The third-order valence-corrected chi connectivity index (χ3v) is 1.31. The van der Waals surface area contributed by atoms with E-state index in [1.54, 1.807) is 0 Å². The molecule has 0 aliphatic carbocycles. The van der Waals surface area contributed by atoms with Gasteiger partial charge in [0.2, 0.25) is 0 Å². The molecule has 13 heavy (non-hydrogen) atoms. The van der Waals surface area contributed by atoms with E-state index in [1.165, 1.54) is 0 Å². The van der Waals surface area contributed by atoms with Gasteiger partial charge in [0.1, 0.15) is 0 Å². The van der Waals surface area contributed by atoms with E-state index in [-0.39, 0.29) is 6.10 Å². The Labute approximate surface area is 80.3 Å². The van der Waals surface area contributed by atoms with E-state index in [9.17, 15) is 0 Å². The van der Waals surface area contributed by atoms with E-state index >= 15 is 0 Å².